The number of carbonyl (C=O) groups excluding carboxylic acids is 2. The third kappa shape index (κ3) is 2.90. The first-order chi connectivity index (χ1) is 11.1. The van der Waals surface area contributed by atoms with Crippen LogP contribution in [0.25, 0.3) is 0 Å². The van der Waals surface area contributed by atoms with E-state index >= 15 is 0 Å². The van der Waals surface area contributed by atoms with E-state index in [1.165, 1.54) is 0 Å². The number of benzene rings is 2. The molecule has 23 heavy (non-hydrogen) atoms. The molecular formula is C18H18N2O3. The standard InChI is InChI=1S/C18H18N2O3/c1-12-10-13-6-2-4-8-15(13)20(12)17(21)11-23-16-9-5-3-7-14(16)18(19)22/h2-9,12H,10-11H2,1H3,(H2,19,22). The fourth-order valence-corrected chi connectivity index (χ4v) is 2.95. The first-order valence-corrected chi connectivity index (χ1v) is 7.49. The molecule has 0 saturated carbocycles. The number of amides is 2. The van der Waals surface area contributed by atoms with Gasteiger partial charge in [-0.1, -0.05) is 30.3 Å². The minimum Gasteiger partial charge on any atom is -0.483 e. The fourth-order valence-electron chi connectivity index (χ4n) is 2.95. The summed E-state index contributed by atoms with van der Waals surface area (Å²) in [5.41, 5.74) is 7.67. The lowest BCUT2D eigenvalue weighted by Crippen LogP contribution is -2.39. The minimum atomic E-state index is -0.576. The summed E-state index contributed by atoms with van der Waals surface area (Å²) in [6, 6.07) is 14.6. The molecule has 2 amide bonds. The topological polar surface area (TPSA) is 72.6 Å². The van der Waals surface area contributed by atoms with Crippen molar-refractivity contribution in [2.75, 3.05) is 11.5 Å². The number of anilines is 1. The van der Waals surface area contributed by atoms with Crippen LogP contribution in [0.2, 0.25) is 0 Å². The molecule has 1 aliphatic rings. The lowest BCUT2D eigenvalue weighted by Gasteiger charge is -2.23. The van der Waals surface area contributed by atoms with Crippen LogP contribution in [0.1, 0.15) is 22.8 Å². The summed E-state index contributed by atoms with van der Waals surface area (Å²) in [5.74, 6) is -0.386. The first kappa shape index (κ1) is 15.1. The highest BCUT2D eigenvalue weighted by atomic mass is 16.5. The maximum Gasteiger partial charge on any atom is 0.265 e. The van der Waals surface area contributed by atoms with Gasteiger partial charge in [-0.2, -0.15) is 0 Å². The number of para-hydroxylation sites is 2. The van der Waals surface area contributed by atoms with Gasteiger partial charge in [-0.15, -0.1) is 0 Å². The van der Waals surface area contributed by atoms with Crippen molar-refractivity contribution in [3.05, 3.63) is 59.7 Å². The van der Waals surface area contributed by atoms with Crippen LogP contribution in [0, 0.1) is 0 Å². The van der Waals surface area contributed by atoms with Crippen LogP contribution in [0.4, 0.5) is 5.69 Å². The Kier molecular flexibility index (Phi) is 4.02. The molecule has 5 nitrogen and oxygen atoms in total. The van der Waals surface area contributed by atoms with Crippen molar-refractivity contribution in [3.63, 3.8) is 0 Å². The van der Waals surface area contributed by atoms with Crippen LogP contribution in [0.15, 0.2) is 48.5 Å². The molecule has 0 aliphatic carbocycles. The number of fused-ring (bicyclic) bond motifs is 1. The average Bonchev–Trinajstić information content (AvgIpc) is 2.88. The Labute approximate surface area is 134 Å². The van der Waals surface area contributed by atoms with Gasteiger partial charge < -0.3 is 15.4 Å². The van der Waals surface area contributed by atoms with Gasteiger partial charge in [-0.3, -0.25) is 9.59 Å². The Morgan fingerprint density at radius 1 is 1.17 bits per heavy atom. The summed E-state index contributed by atoms with van der Waals surface area (Å²) >= 11 is 0. The Balaban J connectivity index is 1.75. The number of nitrogens with two attached hydrogens (primary N) is 1. The summed E-state index contributed by atoms with van der Waals surface area (Å²) < 4.78 is 5.54. The Bertz CT molecular complexity index is 757. The number of primary amides is 1. The van der Waals surface area contributed by atoms with Gasteiger partial charge in [-0.25, -0.2) is 0 Å². The van der Waals surface area contributed by atoms with Crippen molar-refractivity contribution in [2.24, 2.45) is 5.73 Å². The number of hydrogen-bond donors (Lipinski definition) is 1. The van der Waals surface area contributed by atoms with E-state index in [1.807, 2.05) is 31.2 Å². The van der Waals surface area contributed by atoms with E-state index in [0.717, 1.165) is 17.7 Å². The van der Waals surface area contributed by atoms with Crippen LogP contribution in [-0.4, -0.2) is 24.5 Å². The summed E-state index contributed by atoms with van der Waals surface area (Å²) in [6.45, 7) is 1.87. The van der Waals surface area contributed by atoms with E-state index in [1.54, 1.807) is 29.2 Å². The van der Waals surface area contributed by atoms with Gasteiger partial charge in [0, 0.05) is 11.7 Å². The fraction of sp³-hybridized carbons (Fsp3) is 0.222. The molecule has 2 aromatic rings. The lowest BCUT2D eigenvalue weighted by atomic mass is 10.1. The first-order valence-electron chi connectivity index (χ1n) is 7.49. The summed E-state index contributed by atoms with van der Waals surface area (Å²) in [5, 5.41) is 0. The lowest BCUT2D eigenvalue weighted by molar-refractivity contribution is -0.120. The number of hydrogen-bond acceptors (Lipinski definition) is 3. The van der Waals surface area contributed by atoms with Crippen molar-refractivity contribution in [2.45, 2.75) is 19.4 Å². The van der Waals surface area contributed by atoms with E-state index in [2.05, 4.69) is 0 Å². The molecule has 0 saturated heterocycles. The quantitative estimate of drug-likeness (QED) is 0.940. The highest BCUT2D eigenvalue weighted by Gasteiger charge is 2.30. The highest BCUT2D eigenvalue weighted by Crippen LogP contribution is 2.31. The second-order valence-corrected chi connectivity index (χ2v) is 5.59. The Morgan fingerprint density at radius 2 is 1.87 bits per heavy atom. The van der Waals surface area contributed by atoms with Crippen molar-refractivity contribution in [3.8, 4) is 5.75 Å². The van der Waals surface area contributed by atoms with Crippen molar-refractivity contribution in [1.29, 1.82) is 0 Å². The average molecular weight is 310 g/mol. The van der Waals surface area contributed by atoms with E-state index in [9.17, 15) is 9.59 Å². The van der Waals surface area contributed by atoms with Crippen LogP contribution in [-0.2, 0) is 11.2 Å². The van der Waals surface area contributed by atoms with Crippen molar-refractivity contribution >= 4 is 17.5 Å². The summed E-state index contributed by atoms with van der Waals surface area (Å²) in [6.07, 6.45) is 0.833. The zero-order valence-corrected chi connectivity index (χ0v) is 12.9. The van der Waals surface area contributed by atoms with Gasteiger partial charge in [0.25, 0.3) is 11.8 Å². The minimum absolute atomic E-state index is 0.0925. The molecule has 0 aromatic heterocycles. The molecule has 118 valence electrons. The van der Waals surface area contributed by atoms with Crippen LogP contribution >= 0.6 is 0 Å². The molecular weight excluding hydrogens is 292 g/mol. The third-order valence-electron chi connectivity index (χ3n) is 3.98. The molecule has 2 N–H and O–H groups in total. The van der Waals surface area contributed by atoms with Gasteiger partial charge in [0.05, 0.1) is 5.56 Å². The number of rotatable bonds is 4. The smallest absolute Gasteiger partial charge is 0.265 e. The maximum atomic E-state index is 12.6. The SMILES string of the molecule is CC1Cc2ccccc2N1C(=O)COc1ccccc1C(N)=O. The monoisotopic (exact) mass is 310 g/mol. The van der Waals surface area contributed by atoms with Gasteiger partial charge in [-0.05, 0) is 37.1 Å². The van der Waals surface area contributed by atoms with Crippen LogP contribution in [0.3, 0.4) is 0 Å². The zero-order chi connectivity index (χ0) is 16.4. The molecule has 3 rings (SSSR count). The largest absolute Gasteiger partial charge is 0.483 e. The van der Waals surface area contributed by atoms with Gasteiger partial charge in [0.1, 0.15) is 5.75 Å². The van der Waals surface area contributed by atoms with Gasteiger partial charge in [0.2, 0.25) is 0 Å². The Morgan fingerprint density at radius 3 is 2.65 bits per heavy atom. The summed E-state index contributed by atoms with van der Waals surface area (Å²) in [7, 11) is 0. The number of ether oxygens (including phenoxy) is 1. The predicted octanol–water partition coefficient (Wildman–Crippen LogP) is 2.14. The molecule has 0 radical (unpaired) electrons. The number of carbonyl (C=O) groups is 2. The van der Waals surface area contributed by atoms with E-state index in [0.29, 0.717) is 5.75 Å². The maximum absolute atomic E-state index is 12.6. The molecule has 0 bridgehead atoms. The van der Waals surface area contributed by atoms with Crippen LogP contribution < -0.4 is 15.4 Å². The molecule has 1 heterocycles. The van der Waals surface area contributed by atoms with E-state index < -0.39 is 5.91 Å². The molecule has 1 atom stereocenters. The van der Waals surface area contributed by atoms with E-state index in [4.69, 9.17) is 10.5 Å². The van der Waals surface area contributed by atoms with E-state index in [-0.39, 0.29) is 24.1 Å². The molecule has 0 spiro atoms. The molecule has 2 aromatic carbocycles. The molecule has 1 unspecified atom stereocenters. The normalized spacial score (nSPS) is 16.0. The van der Waals surface area contributed by atoms with Gasteiger partial charge >= 0.3 is 0 Å². The Hall–Kier alpha value is -2.82. The van der Waals surface area contributed by atoms with Gasteiger partial charge in [0.15, 0.2) is 6.61 Å². The number of nitrogens with zero attached hydrogens (tertiary/aromatic N) is 1. The van der Waals surface area contributed by atoms with Crippen molar-refractivity contribution in [1.82, 2.24) is 0 Å². The molecule has 0 fully saturated rings. The highest BCUT2D eigenvalue weighted by molar-refractivity contribution is 5.98. The molecule has 5 heteroatoms. The van der Waals surface area contributed by atoms with Crippen LogP contribution in [0.5, 0.6) is 5.75 Å². The third-order valence-corrected chi connectivity index (χ3v) is 3.98. The predicted molar refractivity (Wildman–Crippen MR) is 87.5 cm³/mol. The summed E-state index contributed by atoms with van der Waals surface area (Å²) in [4.78, 5) is 25.7. The second kappa shape index (κ2) is 6.12. The molecule has 1 aliphatic heterocycles. The second-order valence-electron chi connectivity index (χ2n) is 5.59. The van der Waals surface area contributed by atoms with Crippen molar-refractivity contribution < 1.29 is 14.3 Å². The zero-order valence-electron chi connectivity index (χ0n) is 12.9.